The molecule has 1 saturated carbocycles. The Morgan fingerprint density at radius 2 is 2.00 bits per heavy atom. The summed E-state index contributed by atoms with van der Waals surface area (Å²) >= 11 is 0. The Bertz CT molecular complexity index is 622. The summed E-state index contributed by atoms with van der Waals surface area (Å²) in [6, 6.07) is 8.12. The predicted molar refractivity (Wildman–Crippen MR) is 90.3 cm³/mol. The number of hydrogen-bond donors (Lipinski definition) is 1. The fourth-order valence-electron chi connectivity index (χ4n) is 3.33. The lowest BCUT2D eigenvalue weighted by Crippen LogP contribution is -2.48. The molecule has 3 rings (SSSR count). The van der Waals surface area contributed by atoms with E-state index in [4.69, 9.17) is 0 Å². The van der Waals surface area contributed by atoms with Crippen LogP contribution in [-0.2, 0) is 16.0 Å². The minimum Gasteiger partial charge on any atom is -0.354 e. The molecule has 1 heterocycles. The third kappa shape index (κ3) is 2.85. The smallest absolute Gasteiger partial charge is 0.242 e. The molecule has 1 N–H and O–H groups in total. The van der Waals surface area contributed by atoms with Crippen LogP contribution < -0.4 is 10.2 Å². The van der Waals surface area contributed by atoms with Crippen LogP contribution in [0.15, 0.2) is 24.3 Å². The maximum atomic E-state index is 13.1. The third-order valence-electron chi connectivity index (χ3n) is 4.86. The number of nitrogens with one attached hydrogen (secondary N) is 1. The Hall–Kier alpha value is -1.88. The Morgan fingerprint density at radius 1 is 1.30 bits per heavy atom. The molecule has 0 aromatic heterocycles. The average molecular weight is 315 g/mol. The van der Waals surface area contributed by atoms with E-state index in [-0.39, 0.29) is 17.9 Å². The van der Waals surface area contributed by atoms with Crippen molar-refractivity contribution in [2.45, 2.75) is 32.2 Å². The largest absolute Gasteiger partial charge is 0.354 e. The van der Waals surface area contributed by atoms with Crippen molar-refractivity contribution in [2.24, 2.45) is 5.41 Å². The molecular weight excluding hydrogens is 290 g/mol. The summed E-state index contributed by atoms with van der Waals surface area (Å²) in [5, 5.41) is 2.93. The number of likely N-dealkylation sites (N-methyl/N-ethyl adjacent to an activating group) is 1. The van der Waals surface area contributed by atoms with Crippen molar-refractivity contribution in [1.29, 1.82) is 0 Å². The van der Waals surface area contributed by atoms with Gasteiger partial charge in [0.1, 0.15) is 5.41 Å². The van der Waals surface area contributed by atoms with E-state index in [0.717, 1.165) is 18.7 Å². The summed E-state index contributed by atoms with van der Waals surface area (Å²) in [6.45, 7) is 3.41. The fraction of sp³-hybridized carbons (Fsp3) is 0.556. The number of hydrogen-bond acceptors (Lipinski definition) is 3. The highest BCUT2D eigenvalue weighted by Crippen LogP contribution is 2.49. The average Bonchev–Trinajstić information content (AvgIpc) is 3.24. The van der Waals surface area contributed by atoms with Gasteiger partial charge in [-0.15, -0.1) is 0 Å². The maximum Gasteiger partial charge on any atom is 0.242 e. The fourth-order valence-corrected chi connectivity index (χ4v) is 3.33. The van der Waals surface area contributed by atoms with E-state index in [9.17, 15) is 9.59 Å². The summed E-state index contributed by atoms with van der Waals surface area (Å²) in [5.41, 5.74) is 1.33. The van der Waals surface area contributed by atoms with Crippen LogP contribution >= 0.6 is 0 Å². The van der Waals surface area contributed by atoms with Crippen LogP contribution in [0.1, 0.15) is 25.3 Å². The molecule has 1 atom stereocenters. The van der Waals surface area contributed by atoms with Crippen LogP contribution in [0.3, 0.4) is 0 Å². The van der Waals surface area contributed by atoms with Gasteiger partial charge in [0.15, 0.2) is 0 Å². The first-order chi connectivity index (χ1) is 11.0. The van der Waals surface area contributed by atoms with Gasteiger partial charge in [0.2, 0.25) is 11.8 Å². The number of anilines is 1. The van der Waals surface area contributed by atoms with Crippen molar-refractivity contribution in [3.05, 3.63) is 29.8 Å². The van der Waals surface area contributed by atoms with Gasteiger partial charge in [-0.1, -0.05) is 18.2 Å². The molecule has 0 bridgehead atoms. The molecule has 1 aromatic rings. The second-order valence-electron chi connectivity index (χ2n) is 7.00. The van der Waals surface area contributed by atoms with Gasteiger partial charge in [0.25, 0.3) is 0 Å². The number of rotatable bonds is 5. The second-order valence-corrected chi connectivity index (χ2v) is 7.00. The lowest BCUT2D eigenvalue weighted by molar-refractivity contribution is -0.135. The van der Waals surface area contributed by atoms with Gasteiger partial charge in [-0.25, -0.2) is 0 Å². The molecule has 1 aliphatic carbocycles. The molecule has 2 amide bonds. The molecule has 1 aliphatic heterocycles. The Balaban J connectivity index is 1.74. The van der Waals surface area contributed by atoms with Crippen LogP contribution in [-0.4, -0.2) is 49.9 Å². The molecule has 1 fully saturated rings. The zero-order valence-corrected chi connectivity index (χ0v) is 14.1. The quantitative estimate of drug-likeness (QED) is 0.836. The number of amides is 2. The van der Waals surface area contributed by atoms with Crippen molar-refractivity contribution in [1.82, 2.24) is 10.2 Å². The first kappa shape index (κ1) is 16.0. The van der Waals surface area contributed by atoms with Gasteiger partial charge < -0.3 is 15.1 Å². The molecule has 124 valence electrons. The molecule has 5 nitrogen and oxygen atoms in total. The number of benzene rings is 1. The van der Waals surface area contributed by atoms with Crippen LogP contribution in [0.2, 0.25) is 0 Å². The normalized spacial score (nSPS) is 21.2. The first-order valence-electron chi connectivity index (χ1n) is 8.30. The van der Waals surface area contributed by atoms with Gasteiger partial charge in [-0.3, -0.25) is 9.59 Å². The van der Waals surface area contributed by atoms with Gasteiger partial charge in [0.05, 0.1) is 0 Å². The molecule has 1 unspecified atom stereocenters. The van der Waals surface area contributed by atoms with Crippen LogP contribution in [0.4, 0.5) is 5.69 Å². The Morgan fingerprint density at radius 3 is 2.65 bits per heavy atom. The zero-order chi connectivity index (χ0) is 16.6. The van der Waals surface area contributed by atoms with Crippen molar-refractivity contribution >= 4 is 17.5 Å². The number of carbonyl (C=O) groups excluding carboxylic acids is 2. The SMILES string of the molecule is CC1Cc2ccccc2N1C(=O)C1(C(=O)NCCN(C)C)CC1. The van der Waals surface area contributed by atoms with E-state index in [0.29, 0.717) is 19.4 Å². The molecule has 0 saturated heterocycles. The van der Waals surface area contributed by atoms with Gasteiger partial charge in [0, 0.05) is 24.8 Å². The van der Waals surface area contributed by atoms with E-state index in [1.54, 1.807) is 0 Å². The van der Waals surface area contributed by atoms with E-state index in [2.05, 4.69) is 18.3 Å². The van der Waals surface area contributed by atoms with Crippen molar-refractivity contribution in [3.8, 4) is 0 Å². The summed E-state index contributed by atoms with van der Waals surface area (Å²) in [4.78, 5) is 29.5. The molecule has 0 spiro atoms. The minimum atomic E-state index is -0.835. The maximum absolute atomic E-state index is 13.1. The third-order valence-corrected chi connectivity index (χ3v) is 4.86. The standard InChI is InChI=1S/C18H25N3O2/c1-13-12-14-6-4-5-7-15(14)21(13)17(23)18(8-9-18)16(22)19-10-11-20(2)3/h4-7,13H,8-12H2,1-3H3,(H,19,22). The summed E-state index contributed by atoms with van der Waals surface area (Å²) in [7, 11) is 3.93. The molecule has 1 aromatic carbocycles. The number of carbonyl (C=O) groups is 2. The highest BCUT2D eigenvalue weighted by Gasteiger charge is 2.59. The summed E-state index contributed by atoms with van der Waals surface area (Å²) < 4.78 is 0. The van der Waals surface area contributed by atoms with Gasteiger partial charge >= 0.3 is 0 Å². The number of fused-ring (bicyclic) bond motifs is 1. The van der Waals surface area contributed by atoms with Crippen molar-refractivity contribution < 1.29 is 9.59 Å². The predicted octanol–water partition coefficient (Wildman–Crippen LogP) is 1.42. The monoisotopic (exact) mass is 315 g/mol. The lowest BCUT2D eigenvalue weighted by Gasteiger charge is -2.27. The van der Waals surface area contributed by atoms with E-state index >= 15 is 0 Å². The molecule has 23 heavy (non-hydrogen) atoms. The molecule has 5 heteroatoms. The van der Waals surface area contributed by atoms with Gasteiger partial charge in [-0.05, 0) is 51.9 Å². The Labute approximate surface area is 137 Å². The van der Waals surface area contributed by atoms with Crippen molar-refractivity contribution in [2.75, 3.05) is 32.1 Å². The summed E-state index contributed by atoms with van der Waals surface area (Å²) in [6.07, 6.45) is 2.18. The first-order valence-corrected chi connectivity index (χ1v) is 8.30. The second kappa shape index (κ2) is 5.96. The van der Waals surface area contributed by atoms with Crippen LogP contribution in [0.25, 0.3) is 0 Å². The molecular formula is C18H25N3O2. The van der Waals surface area contributed by atoms with Crippen LogP contribution in [0.5, 0.6) is 0 Å². The van der Waals surface area contributed by atoms with E-state index < -0.39 is 5.41 Å². The van der Waals surface area contributed by atoms with E-state index in [1.807, 2.05) is 42.1 Å². The number of para-hydroxylation sites is 1. The summed E-state index contributed by atoms with van der Waals surface area (Å²) in [5.74, 6) is -0.141. The minimum absolute atomic E-state index is 0.0303. The highest BCUT2D eigenvalue weighted by atomic mass is 16.2. The lowest BCUT2D eigenvalue weighted by atomic mass is 10.0. The topological polar surface area (TPSA) is 52.7 Å². The Kier molecular flexibility index (Phi) is 4.15. The highest BCUT2D eigenvalue weighted by molar-refractivity contribution is 6.14. The van der Waals surface area contributed by atoms with E-state index in [1.165, 1.54) is 5.56 Å². The van der Waals surface area contributed by atoms with Crippen LogP contribution in [0, 0.1) is 5.41 Å². The zero-order valence-electron chi connectivity index (χ0n) is 14.1. The molecule has 2 aliphatic rings. The number of nitrogens with zero attached hydrogens (tertiary/aromatic N) is 2. The molecule has 0 radical (unpaired) electrons. The van der Waals surface area contributed by atoms with Gasteiger partial charge in [-0.2, -0.15) is 0 Å². The van der Waals surface area contributed by atoms with Crippen molar-refractivity contribution in [3.63, 3.8) is 0 Å².